The zero-order chi connectivity index (χ0) is 12.4. The Bertz CT molecular complexity index is 568. The van der Waals surface area contributed by atoms with E-state index < -0.39 is 0 Å². The number of aromatic nitrogens is 2. The van der Waals surface area contributed by atoms with E-state index in [1.54, 1.807) is 28.6 Å². The molecule has 0 amide bonds. The summed E-state index contributed by atoms with van der Waals surface area (Å²) < 4.78 is 3.18. The fraction of sp³-hybridized carbons (Fsp3) is 0.308. The summed E-state index contributed by atoms with van der Waals surface area (Å²) in [5.41, 5.74) is 8.35. The van der Waals surface area contributed by atoms with Gasteiger partial charge in [-0.15, -0.1) is 0 Å². The standard InChI is InChI=1S/C13H17N3O/c1-10-5-3-4-6-11(10)12(14)9-16-8-7-15(2)13(16)17/h3-8,12H,9,14H2,1-2H3. The van der Waals surface area contributed by atoms with Crippen LogP contribution in [0.5, 0.6) is 0 Å². The van der Waals surface area contributed by atoms with Gasteiger partial charge in [-0.05, 0) is 18.1 Å². The summed E-state index contributed by atoms with van der Waals surface area (Å²) in [6, 6.07) is 7.84. The lowest BCUT2D eigenvalue weighted by Gasteiger charge is -2.14. The van der Waals surface area contributed by atoms with Gasteiger partial charge in [-0.25, -0.2) is 4.79 Å². The fourth-order valence-corrected chi connectivity index (χ4v) is 1.96. The van der Waals surface area contributed by atoms with Crippen molar-refractivity contribution in [3.05, 3.63) is 58.3 Å². The van der Waals surface area contributed by atoms with Gasteiger partial charge in [0.05, 0.1) is 0 Å². The van der Waals surface area contributed by atoms with Crippen LogP contribution in [-0.4, -0.2) is 9.13 Å². The maximum Gasteiger partial charge on any atom is 0.327 e. The SMILES string of the molecule is Cc1ccccc1C(N)Cn1ccn(C)c1=O. The summed E-state index contributed by atoms with van der Waals surface area (Å²) >= 11 is 0. The molecule has 0 saturated heterocycles. The summed E-state index contributed by atoms with van der Waals surface area (Å²) in [6.07, 6.45) is 3.51. The van der Waals surface area contributed by atoms with E-state index in [9.17, 15) is 4.79 Å². The number of rotatable bonds is 3. The summed E-state index contributed by atoms with van der Waals surface area (Å²) in [4.78, 5) is 11.7. The fourth-order valence-electron chi connectivity index (χ4n) is 1.96. The molecule has 0 spiro atoms. The van der Waals surface area contributed by atoms with Crippen LogP contribution in [0.25, 0.3) is 0 Å². The number of aryl methyl sites for hydroxylation is 2. The van der Waals surface area contributed by atoms with Crippen molar-refractivity contribution in [2.45, 2.75) is 19.5 Å². The molecule has 1 unspecified atom stereocenters. The van der Waals surface area contributed by atoms with Crippen molar-refractivity contribution >= 4 is 0 Å². The molecule has 2 aromatic rings. The minimum atomic E-state index is -0.156. The lowest BCUT2D eigenvalue weighted by atomic mass is 10.0. The summed E-state index contributed by atoms with van der Waals surface area (Å²) in [7, 11) is 1.73. The minimum absolute atomic E-state index is 0.0333. The lowest BCUT2D eigenvalue weighted by Crippen LogP contribution is -2.27. The molecule has 2 N–H and O–H groups in total. The Balaban J connectivity index is 2.23. The summed E-state index contributed by atoms with van der Waals surface area (Å²) in [6.45, 7) is 2.54. The molecule has 0 saturated carbocycles. The molecule has 0 aliphatic carbocycles. The highest BCUT2D eigenvalue weighted by Gasteiger charge is 2.10. The highest BCUT2D eigenvalue weighted by Crippen LogP contribution is 2.16. The van der Waals surface area contributed by atoms with Gasteiger partial charge in [-0.3, -0.25) is 4.57 Å². The zero-order valence-electron chi connectivity index (χ0n) is 10.1. The molecule has 1 aromatic heterocycles. The second-order valence-corrected chi connectivity index (χ2v) is 4.31. The molecule has 0 fully saturated rings. The lowest BCUT2D eigenvalue weighted by molar-refractivity contribution is 0.553. The number of benzene rings is 1. The van der Waals surface area contributed by atoms with Crippen LogP contribution in [0.3, 0.4) is 0 Å². The zero-order valence-corrected chi connectivity index (χ0v) is 10.1. The third-order valence-electron chi connectivity index (χ3n) is 3.00. The minimum Gasteiger partial charge on any atom is -0.322 e. The van der Waals surface area contributed by atoms with Gasteiger partial charge in [0.15, 0.2) is 0 Å². The molecule has 0 radical (unpaired) electrons. The highest BCUT2D eigenvalue weighted by molar-refractivity contribution is 5.28. The molecular formula is C13H17N3O. The van der Waals surface area contributed by atoms with E-state index in [-0.39, 0.29) is 11.7 Å². The molecule has 0 aliphatic rings. The van der Waals surface area contributed by atoms with E-state index in [0.29, 0.717) is 6.54 Å². The van der Waals surface area contributed by atoms with E-state index >= 15 is 0 Å². The van der Waals surface area contributed by atoms with E-state index in [2.05, 4.69) is 0 Å². The van der Waals surface area contributed by atoms with Crippen LogP contribution in [0, 0.1) is 6.92 Å². The first-order chi connectivity index (χ1) is 8.09. The smallest absolute Gasteiger partial charge is 0.322 e. The normalized spacial score (nSPS) is 12.6. The molecule has 1 atom stereocenters. The average Bonchev–Trinajstić information content (AvgIpc) is 2.61. The van der Waals surface area contributed by atoms with Crippen LogP contribution in [0.4, 0.5) is 0 Å². The van der Waals surface area contributed by atoms with Crippen molar-refractivity contribution in [2.24, 2.45) is 12.8 Å². The van der Waals surface area contributed by atoms with Crippen molar-refractivity contribution in [3.63, 3.8) is 0 Å². The number of nitrogens with zero attached hydrogens (tertiary/aromatic N) is 2. The van der Waals surface area contributed by atoms with Gasteiger partial charge in [0.2, 0.25) is 0 Å². The molecule has 90 valence electrons. The van der Waals surface area contributed by atoms with Gasteiger partial charge in [-0.2, -0.15) is 0 Å². The Morgan fingerprint density at radius 1 is 1.29 bits per heavy atom. The molecule has 17 heavy (non-hydrogen) atoms. The number of hydrogen-bond donors (Lipinski definition) is 1. The van der Waals surface area contributed by atoms with Crippen molar-refractivity contribution < 1.29 is 0 Å². The first kappa shape index (κ1) is 11.7. The Hall–Kier alpha value is -1.81. The summed E-state index contributed by atoms with van der Waals surface area (Å²) in [5.74, 6) is 0. The molecule has 1 heterocycles. The van der Waals surface area contributed by atoms with E-state index in [4.69, 9.17) is 5.73 Å². The van der Waals surface area contributed by atoms with Crippen LogP contribution in [0.1, 0.15) is 17.2 Å². The Morgan fingerprint density at radius 2 is 2.00 bits per heavy atom. The van der Waals surface area contributed by atoms with Gasteiger partial charge in [0.25, 0.3) is 0 Å². The van der Waals surface area contributed by atoms with Gasteiger partial charge >= 0.3 is 5.69 Å². The van der Waals surface area contributed by atoms with Crippen LogP contribution < -0.4 is 11.4 Å². The topological polar surface area (TPSA) is 52.9 Å². The van der Waals surface area contributed by atoms with Gasteiger partial charge in [-0.1, -0.05) is 24.3 Å². The van der Waals surface area contributed by atoms with Crippen LogP contribution in [0.15, 0.2) is 41.5 Å². The van der Waals surface area contributed by atoms with Crippen molar-refractivity contribution in [1.82, 2.24) is 9.13 Å². The summed E-state index contributed by atoms with van der Waals surface area (Å²) in [5, 5.41) is 0. The first-order valence-electron chi connectivity index (χ1n) is 5.62. The molecular weight excluding hydrogens is 214 g/mol. The number of hydrogen-bond acceptors (Lipinski definition) is 2. The predicted molar refractivity (Wildman–Crippen MR) is 67.8 cm³/mol. The molecule has 4 heteroatoms. The van der Waals surface area contributed by atoms with E-state index in [1.165, 1.54) is 0 Å². The molecule has 0 bridgehead atoms. The van der Waals surface area contributed by atoms with E-state index in [0.717, 1.165) is 11.1 Å². The van der Waals surface area contributed by atoms with Crippen LogP contribution >= 0.6 is 0 Å². The van der Waals surface area contributed by atoms with Gasteiger partial charge in [0.1, 0.15) is 0 Å². The first-order valence-corrected chi connectivity index (χ1v) is 5.62. The number of imidazole rings is 1. The predicted octanol–water partition coefficient (Wildman–Crippen LogP) is 1.20. The molecule has 0 aliphatic heterocycles. The molecule has 2 rings (SSSR count). The second-order valence-electron chi connectivity index (χ2n) is 4.31. The number of nitrogens with two attached hydrogens (primary N) is 1. The van der Waals surface area contributed by atoms with E-state index in [1.807, 2.05) is 31.2 Å². The highest BCUT2D eigenvalue weighted by atomic mass is 16.1. The van der Waals surface area contributed by atoms with Gasteiger partial charge in [0, 0.05) is 32.0 Å². The Labute approximate surface area is 100 Å². The van der Waals surface area contributed by atoms with Crippen molar-refractivity contribution in [3.8, 4) is 0 Å². The molecule has 4 nitrogen and oxygen atoms in total. The quantitative estimate of drug-likeness (QED) is 0.862. The van der Waals surface area contributed by atoms with Crippen LogP contribution in [-0.2, 0) is 13.6 Å². The second kappa shape index (κ2) is 4.59. The maximum absolute atomic E-state index is 11.7. The largest absolute Gasteiger partial charge is 0.327 e. The van der Waals surface area contributed by atoms with Crippen molar-refractivity contribution in [2.75, 3.05) is 0 Å². The Kier molecular flexibility index (Phi) is 3.15. The third kappa shape index (κ3) is 2.31. The maximum atomic E-state index is 11.7. The Morgan fingerprint density at radius 3 is 2.59 bits per heavy atom. The van der Waals surface area contributed by atoms with Crippen molar-refractivity contribution in [1.29, 1.82) is 0 Å². The average molecular weight is 231 g/mol. The third-order valence-corrected chi connectivity index (χ3v) is 3.00. The van der Waals surface area contributed by atoms with Gasteiger partial charge < -0.3 is 10.3 Å². The molecule has 1 aromatic carbocycles. The van der Waals surface area contributed by atoms with Crippen LogP contribution in [0.2, 0.25) is 0 Å². The monoisotopic (exact) mass is 231 g/mol.